The van der Waals surface area contributed by atoms with E-state index in [0.717, 1.165) is 98.3 Å². The number of morpholine rings is 1. The molecule has 3 aliphatic heterocycles. The lowest BCUT2D eigenvalue weighted by Crippen LogP contribution is -2.42. The van der Waals surface area contributed by atoms with E-state index in [0.29, 0.717) is 112 Å². The largest absolute Gasteiger partial charge is 0.493 e. The molecule has 3 aliphatic rings. The number of aryl methyl sites for hydroxylation is 1. The molecule has 2 N–H and O–H groups in total. The average molecular weight is 1460 g/mol. The maximum atomic E-state index is 13.7. The van der Waals surface area contributed by atoms with Crippen LogP contribution in [0.15, 0.2) is 205 Å². The van der Waals surface area contributed by atoms with Crippen LogP contribution in [0, 0.1) is 5.92 Å². The highest BCUT2D eigenvalue weighted by molar-refractivity contribution is 7.89. The highest BCUT2D eigenvalue weighted by Gasteiger charge is 2.29. The standard InChI is InChI=1S/C32H40N2O3.C27H31ClN2O5S.C26H36N2O3/c1-36-31-23-28(18-19-30(31)37-25-27-13-6-3-7-14-27)24-34(22-20-29-16-8-9-21-33-29)32(35)17-10-15-26-11-4-2-5-12-26;1-33-26-19-23(11-12-25(26)35-21-22-7-3-2-4-8-22)20-30(14-13-29-15-17-34-18-16-29)36(31,32)27-10-6-5-9-24(27)28;1-20(2)26(29)28(16-14-23-11-7-8-15-27-23)18-22-12-13-24(25(17-22)30-3)31-19-21-9-5-4-6-10-21/h2-7,11-14,18-19,23,29,33H,8-10,15-17,20-22,24-25H2,1H3;2-12,19H,13-18,20-21H2,1H3;4-6,9-10,12-13,17,20,23,27H,7-8,11,14-16,18-19H2,1-3H3. The fraction of sp³-hybridized carbons (Fsp3) is 0.412. The molecule has 0 bridgehead atoms. The Morgan fingerprint density at radius 1 is 0.510 bits per heavy atom. The van der Waals surface area contributed by atoms with Crippen LogP contribution in [-0.2, 0) is 70.2 Å². The number of halogens is 1. The molecule has 19 heteroatoms. The normalized spacial score (nSPS) is 15.3. The quantitative estimate of drug-likeness (QED) is 0.0390. The summed E-state index contributed by atoms with van der Waals surface area (Å²) in [4.78, 5) is 32.5. The first kappa shape index (κ1) is 79.7. The predicted octanol–water partition coefficient (Wildman–Crippen LogP) is 15.4. The second kappa shape index (κ2) is 43.1. The van der Waals surface area contributed by atoms with Crippen molar-refractivity contribution >= 4 is 33.4 Å². The second-order valence-electron chi connectivity index (χ2n) is 26.9. The van der Waals surface area contributed by atoms with Crippen molar-refractivity contribution in [1.29, 1.82) is 0 Å². The van der Waals surface area contributed by atoms with Crippen molar-refractivity contribution in [3.63, 3.8) is 0 Å². The molecule has 8 aromatic carbocycles. The first-order valence-corrected chi connectivity index (χ1v) is 38.7. The number of rotatable bonds is 34. The van der Waals surface area contributed by atoms with Crippen LogP contribution in [-0.4, -0.2) is 138 Å². The molecule has 2 amide bonds. The van der Waals surface area contributed by atoms with E-state index in [2.05, 4.69) is 39.8 Å². The zero-order chi connectivity index (χ0) is 73.1. The maximum Gasteiger partial charge on any atom is 0.244 e. The van der Waals surface area contributed by atoms with Crippen molar-refractivity contribution in [3.05, 3.63) is 244 Å². The number of benzene rings is 8. The van der Waals surface area contributed by atoms with Crippen molar-refractivity contribution in [3.8, 4) is 34.5 Å². The summed E-state index contributed by atoms with van der Waals surface area (Å²) in [7, 11) is 1.05. The molecule has 2 unspecified atom stereocenters. The zero-order valence-corrected chi connectivity index (χ0v) is 63.0. The van der Waals surface area contributed by atoms with Gasteiger partial charge in [-0.2, -0.15) is 4.31 Å². The molecule has 17 nitrogen and oxygen atoms in total. The Labute approximate surface area is 623 Å². The molecule has 8 aromatic rings. The number of hydrogen-bond donors (Lipinski definition) is 2. The van der Waals surface area contributed by atoms with Gasteiger partial charge >= 0.3 is 0 Å². The third-order valence-corrected chi connectivity index (χ3v) is 21.2. The summed E-state index contributed by atoms with van der Waals surface area (Å²) in [6.45, 7) is 14.1. The maximum absolute atomic E-state index is 13.7. The number of nitrogens with one attached hydrogen (secondary N) is 2. The molecule has 0 radical (unpaired) electrons. The average Bonchev–Trinajstić information content (AvgIpc) is 0.790. The van der Waals surface area contributed by atoms with Crippen molar-refractivity contribution < 1.29 is 51.2 Å². The van der Waals surface area contributed by atoms with E-state index in [4.69, 9.17) is 44.8 Å². The Morgan fingerprint density at radius 2 is 0.933 bits per heavy atom. The molecule has 3 fully saturated rings. The van der Waals surface area contributed by atoms with E-state index >= 15 is 0 Å². The summed E-state index contributed by atoms with van der Waals surface area (Å²) >= 11 is 6.29. The molecule has 2 atom stereocenters. The van der Waals surface area contributed by atoms with E-state index in [1.54, 1.807) is 45.6 Å². The molecule has 0 aromatic heterocycles. The van der Waals surface area contributed by atoms with Crippen molar-refractivity contribution in [2.45, 2.75) is 141 Å². The van der Waals surface area contributed by atoms with Crippen molar-refractivity contribution in [1.82, 2.24) is 29.6 Å². The van der Waals surface area contributed by atoms with Gasteiger partial charge in [0.2, 0.25) is 21.8 Å². The minimum Gasteiger partial charge on any atom is -0.493 e. The minimum atomic E-state index is -3.84. The molecule has 3 heterocycles. The molecule has 0 aliphatic carbocycles. The Morgan fingerprint density at radius 3 is 1.37 bits per heavy atom. The lowest BCUT2D eigenvalue weighted by molar-refractivity contribution is -0.135. The highest BCUT2D eigenvalue weighted by atomic mass is 35.5. The van der Waals surface area contributed by atoms with Crippen LogP contribution in [0.1, 0.15) is 117 Å². The van der Waals surface area contributed by atoms with Gasteiger partial charge in [-0.1, -0.05) is 190 Å². The molecular weight excluding hydrogens is 1350 g/mol. The van der Waals surface area contributed by atoms with Gasteiger partial charge < -0.3 is 53.6 Å². The molecule has 11 rings (SSSR count). The van der Waals surface area contributed by atoms with Gasteiger partial charge in [-0.3, -0.25) is 14.5 Å². The van der Waals surface area contributed by atoms with Crippen molar-refractivity contribution in [2.75, 3.05) is 86.9 Å². The Balaban J connectivity index is 0.000000182. The number of nitrogens with zero attached hydrogens (tertiary/aromatic N) is 4. The number of hydrogen-bond acceptors (Lipinski definition) is 14. The van der Waals surface area contributed by atoms with Crippen LogP contribution < -0.4 is 39.1 Å². The van der Waals surface area contributed by atoms with Crippen molar-refractivity contribution in [2.24, 2.45) is 5.92 Å². The number of carbonyl (C=O) groups is 2. The van der Waals surface area contributed by atoms with Crippen LogP contribution in [0.5, 0.6) is 34.5 Å². The number of carbonyl (C=O) groups excluding carboxylic acids is 2. The summed E-state index contributed by atoms with van der Waals surface area (Å²) in [6, 6.07) is 65.5. The highest BCUT2D eigenvalue weighted by Crippen LogP contribution is 2.34. The number of methoxy groups -OCH3 is 3. The van der Waals surface area contributed by atoms with Crippen LogP contribution in [0.2, 0.25) is 5.02 Å². The molecule has 0 saturated carbocycles. The van der Waals surface area contributed by atoms with Gasteiger partial charge in [0.15, 0.2) is 34.5 Å². The van der Waals surface area contributed by atoms with E-state index in [-0.39, 0.29) is 34.2 Å². The van der Waals surface area contributed by atoms with Crippen LogP contribution in [0.25, 0.3) is 0 Å². The summed E-state index contributed by atoms with van der Waals surface area (Å²) in [5.41, 5.74) is 7.44. The zero-order valence-electron chi connectivity index (χ0n) is 61.4. The second-order valence-corrected chi connectivity index (χ2v) is 29.3. The molecule has 3 saturated heterocycles. The Kier molecular flexibility index (Phi) is 33.0. The number of amides is 2. The van der Waals surface area contributed by atoms with Gasteiger partial charge in [0, 0.05) is 83.3 Å². The van der Waals surface area contributed by atoms with E-state index in [9.17, 15) is 18.0 Å². The van der Waals surface area contributed by atoms with Gasteiger partial charge in [0.25, 0.3) is 0 Å². The van der Waals surface area contributed by atoms with E-state index < -0.39 is 10.0 Å². The summed E-state index contributed by atoms with van der Waals surface area (Å²) in [6.07, 6.45) is 11.8. The molecule has 556 valence electrons. The summed E-state index contributed by atoms with van der Waals surface area (Å²) in [5.74, 6) is 4.35. The first-order chi connectivity index (χ1) is 50.7. The fourth-order valence-corrected chi connectivity index (χ4v) is 14.8. The lowest BCUT2D eigenvalue weighted by atomic mass is 10.0. The van der Waals surface area contributed by atoms with Gasteiger partial charge in [-0.15, -0.1) is 0 Å². The van der Waals surface area contributed by atoms with E-state index in [1.807, 2.05) is 175 Å². The minimum absolute atomic E-state index is 0.0188. The molecule has 0 spiro atoms. The smallest absolute Gasteiger partial charge is 0.244 e. The third-order valence-electron chi connectivity index (χ3n) is 18.9. The Hall–Kier alpha value is -8.46. The SMILES string of the molecule is COc1cc(CN(CCC2CCCCN2)C(=O)C(C)C)ccc1OCc1ccccc1.COc1cc(CN(CCC2CCCCN2)C(=O)CCCc2ccccc2)ccc1OCc1ccccc1.COc1cc(CN(CCN2CCOCC2)S(=O)(=O)c2ccccc2Cl)ccc1OCc1ccccc1. The van der Waals surface area contributed by atoms with Gasteiger partial charge in [-0.25, -0.2) is 8.42 Å². The monoisotopic (exact) mass is 1450 g/mol. The number of piperidine rings is 2. The summed E-state index contributed by atoms with van der Waals surface area (Å²) < 4.78 is 69.0. The topological polar surface area (TPSA) is 170 Å². The number of sulfonamides is 1. The van der Waals surface area contributed by atoms with Crippen LogP contribution in [0.3, 0.4) is 0 Å². The van der Waals surface area contributed by atoms with E-state index in [1.165, 1.54) is 48.4 Å². The van der Waals surface area contributed by atoms with Crippen LogP contribution in [0.4, 0.5) is 0 Å². The van der Waals surface area contributed by atoms with Gasteiger partial charge in [-0.05, 0) is 152 Å². The third kappa shape index (κ3) is 26.0. The van der Waals surface area contributed by atoms with Crippen LogP contribution >= 0.6 is 11.6 Å². The first-order valence-electron chi connectivity index (χ1n) is 36.9. The molecular formula is C85H107ClN6O11S. The van der Waals surface area contributed by atoms with Gasteiger partial charge in [0.05, 0.1) is 39.6 Å². The lowest BCUT2D eigenvalue weighted by Gasteiger charge is -2.30. The van der Waals surface area contributed by atoms with Gasteiger partial charge in [0.1, 0.15) is 24.7 Å². The molecule has 104 heavy (non-hydrogen) atoms. The summed E-state index contributed by atoms with van der Waals surface area (Å²) in [5, 5.41) is 7.41. The predicted molar refractivity (Wildman–Crippen MR) is 413 cm³/mol. The number of ether oxygens (including phenoxy) is 7. The Bertz CT molecular complexity index is 3940. The fourth-order valence-electron chi connectivity index (χ4n) is 12.9.